The molecule has 0 spiro atoms. The Morgan fingerprint density at radius 2 is 1.70 bits per heavy atom. The van der Waals surface area contributed by atoms with Gasteiger partial charge in [0.05, 0.1) is 4.90 Å². The molecule has 0 bridgehead atoms. The normalized spacial score (nSPS) is 21.9. The van der Waals surface area contributed by atoms with E-state index in [4.69, 9.17) is 0 Å². The molecule has 2 heterocycles. The van der Waals surface area contributed by atoms with Gasteiger partial charge in [0, 0.05) is 19.2 Å². The van der Waals surface area contributed by atoms with Crippen LogP contribution in [0.3, 0.4) is 0 Å². The molecule has 2 aliphatic heterocycles. The molecule has 1 saturated heterocycles. The average molecular weight is 305 g/mol. The van der Waals surface area contributed by atoms with Crippen LogP contribution in [0.25, 0.3) is 0 Å². The van der Waals surface area contributed by atoms with Crippen LogP contribution in [-0.4, -0.2) is 32.1 Å². The summed E-state index contributed by atoms with van der Waals surface area (Å²) in [6, 6.07) is 3.53. The highest BCUT2D eigenvalue weighted by molar-refractivity contribution is 7.89. The van der Waals surface area contributed by atoms with Crippen molar-refractivity contribution in [3.8, 4) is 11.5 Å². The first kappa shape index (κ1) is 13.6. The number of benzene rings is 1. The zero-order valence-corrected chi connectivity index (χ0v) is 11.3. The van der Waals surface area contributed by atoms with Gasteiger partial charge in [0.1, 0.15) is 0 Å². The van der Waals surface area contributed by atoms with Gasteiger partial charge in [-0.15, -0.1) is 8.78 Å². The largest absolute Gasteiger partial charge is 0.586 e. The van der Waals surface area contributed by atoms with Crippen molar-refractivity contribution < 1.29 is 26.7 Å². The van der Waals surface area contributed by atoms with Crippen molar-refractivity contribution in [1.29, 1.82) is 0 Å². The molecule has 1 fully saturated rings. The van der Waals surface area contributed by atoms with E-state index in [2.05, 4.69) is 9.47 Å². The molecule has 8 heteroatoms. The Kier molecular flexibility index (Phi) is 3.09. The first-order chi connectivity index (χ1) is 9.38. The fourth-order valence-electron chi connectivity index (χ4n) is 2.34. The van der Waals surface area contributed by atoms with E-state index in [0.29, 0.717) is 13.1 Å². The van der Waals surface area contributed by atoms with Gasteiger partial charge in [-0.2, -0.15) is 4.31 Å². The number of sulfonamides is 1. The summed E-state index contributed by atoms with van der Waals surface area (Å²) in [7, 11) is -3.67. The fraction of sp³-hybridized carbons (Fsp3) is 0.500. The number of alkyl halides is 2. The van der Waals surface area contributed by atoms with Crippen molar-refractivity contribution in [3.63, 3.8) is 0 Å². The predicted octanol–water partition coefficient (Wildman–Crippen LogP) is 2.18. The van der Waals surface area contributed by atoms with Crippen molar-refractivity contribution in [3.05, 3.63) is 18.2 Å². The summed E-state index contributed by atoms with van der Waals surface area (Å²) in [4.78, 5) is -0.0561. The summed E-state index contributed by atoms with van der Waals surface area (Å²) < 4.78 is 60.5. The van der Waals surface area contributed by atoms with Crippen LogP contribution in [0.2, 0.25) is 0 Å². The van der Waals surface area contributed by atoms with Crippen LogP contribution in [-0.2, 0) is 10.0 Å². The Bertz CT molecular complexity index is 626. The Hall–Kier alpha value is -1.41. The summed E-state index contributed by atoms with van der Waals surface area (Å²) in [6.45, 7) is 0.903. The lowest BCUT2D eigenvalue weighted by Gasteiger charge is -2.25. The molecule has 0 aromatic heterocycles. The topological polar surface area (TPSA) is 55.8 Å². The van der Waals surface area contributed by atoms with Gasteiger partial charge in [0.2, 0.25) is 10.0 Å². The molecule has 20 heavy (non-hydrogen) atoms. The highest BCUT2D eigenvalue weighted by Crippen LogP contribution is 2.42. The van der Waals surface area contributed by atoms with Crippen LogP contribution in [0.4, 0.5) is 8.78 Å². The molecule has 2 aliphatic rings. The van der Waals surface area contributed by atoms with Crippen molar-refractivity contribution in [2.45, 2.75) is 30.5 Å². The third kappa shape index (κ3) is 2.33. The lowest BCUT2D eigenvalue weighted by atomic mass is 10.2. The third-order valence-corrected chi connectivity index (χ3v) is 5.22. The molecule has 1 aromatic carbocycles. The van der Waals surface area contributed by atoms with E-state index in [1.54, 1.807) is 0 Å². The first-order valence-electron chi connectivity index (χ1n) is 6.28. The third-order valence-electron chi connectivity index (χ3n) is 3.33. The Morgan fingerprint density at radius 1 is 1.05 bits per heavy atom. The average Bonchev–Trinajstić information content (AvgIpc) is 2.72. The van der Waals surface area contributed by atoms with Gasteiger partial charge in [0.25, 0.3) is 0 Å². The van der Waals surface area contributed by atoms with Gasteiger partial charge in [-0.1, -0.05) is 6.42 Å². The molecular formula is C12H13F2NO4S. The number of ether oxygens (including phenoxy) is 2. The van der Waals surface area contributed by atoms with E-state index in [1.807, 2.05) is 0 Å². The van der Waals surface area contributed by atoms with Crippen LogP contribution in [0.15, 0.2) is 23.1 Å². The zero-order chi connectivity index (χ0) is 14.4. The van der Waals surface area contributed by atoms with Gasteiger partial charge in [-0.25, -0.2) is 8.42 Å². The highest BCUT2D eigenvalue weighted by atomic mass is 32.2. The lowest BCUT2D eigenvalue weighted by molar-refractivity contribution is -0.286. The number of hydrogen-bond donors (Lipinski definition) is 0. The molecule has 0 radical (unpaired) electrons. The maximum atomic E-state index is 12.9. The van der Waals surface area contributed by atoms with Gasteiger partial charge in [-0.3, -0.25) is 0 Å². The van der Waals surface area contributed by atoms with Crippen LogP contribution >= 0.6 is 0 Å². The standard InChI is InChI=1S/C12H13F2NO4S/c13-12(14)18-10-5-4-9(8-11(10)19-12)20(16,17)15-6-2-1-3-7-15/h4-5,8H,1-3,6-7H2. The first-order valence-corrected chi connectivity index (χ1v) is 7.73. The number of fused-ring (bicyclic) bond motifs is 1. The van der Waals surface area contributed by atoms with Crippen molar-refractivity contribution in [2.75, 3.05) is 13.1 Å². The van der Waals surface area contributed by atoms with Crippen molar-refractivity contribution >= 4 is 10.0 Å². The minimum atomic E-state index is -3.74. The van der Waals surface area contributed by atoms with Crippen molar-refractivity contribution in [2.24, 2.45) is 0 Å². The van der Waals surface area contributed by atoms with Crippen LogP contribution in [0.1, 0.15) is 19.3 Å². The van der Waals surface area contributed by atoms with Gasteiger partial charge < -0.3 is 9.47 Å². The molecule has 5 nitrogen and oxygen atoms in total. The van der Waals surface area contributed by atoms with E-state index >= 15 is 0 Å². The second-order valence-corrected chi connectivity index (χ2v) is 6.68. The smallest absolute Gasteiger partial charge is 0.395 e. The summed E-state index contributed by atoms with van der Waals surface area (Å²) in [5, 5.41) is 0. The summed E-state index contributed by atoms with van der Waals surface area (Å²) in [5.41, 5.74) is 0. The number of nitrogens with zero attached hydrogens (tertiary/aromatic N) is 1. The molecular weight excluding hydrogens is 292 g/mol. The molecule has 110 valence electrons. The van der Waals surface area contributed by atoms with Crippen LogP contribution in [0, 0.1) is 0 Å². The highest BCUT2D eigenvalue weighted by Gasteiger charge is 2.44. The second kappa shape index (κ2) is 4.56. The zero-order valence-electron chi connectivity index (χ0n) is 10.5. The molecule has 0 atom stereocenters. The Labute approximate surface area is 115 Å². The maximum Gasteiger partial charge on any atom is 0.586 e. The summed E-state index contributed by atoms with van der Waals surface area (Å²) in [6.07, 6.45) is -1.13. The monoisotopic (exact) mass is 305 g/mol. The van der Waals surface area contributed by atoms with Gasteiger partial charge in [0.15, 0.2) is 11.5 Å². The minimum Gasteiger partial charge on any atom is -0.395 e. The molecule has 0 aliphatic carbocycles. The van der Waals surface area contributed by atoms with E-state index in [-0.39, 0.29) is 16.4 Å². The number of rotatable bonds is 2. The second-order valence-electron chi connectivity index (χ2n) is 4.74. The van der Waals surface area contributed by atoms with E-state index in [0.717, 1.165) is 25.3 Å². The fourth-order valence-corrected chi connectivity index (χ4v) is 3.88. The number of halogens is 2. The minimum absolute atomic E-state index is 0.0561. The number of hydrogen-bond acceptors (Lipinski definition) is 4. The summed E-state index contributed by atoms with van der Waals surface area (Å²) >= 11 is 0. The van der Waals surface area contributed by atoms with E-state index in [1.165, 1.54) is 16.4 Å². The molecule has 0 saturated carbocycles. The van der Waals surface area contributed by atoms with Gasteiger partial charge in [-0.05, 0) is 25.0 Å². The molecule has 0 amide bonds. The van der Waals surface area contributed by atoms with E-state index < -0.39 is 16.3 Å². The van der Waals surface area contributed by atoms with Crippen LogP contribution in [0.5, 0.6) is 11.5 Å². The molecule has 3 rings (SSSR count). The maximum absolute atomic E-state index is 12.9. The van der Waals surface area contributed by atoms with Crippen molar-refractivity contribution in [1.82, 2.24) is 4.31 Å². The van der Waals surface area contributed by atoms with Gasteiger partial charge >= 0.3 is 6.29 Å². The lowest BCUT2D eigenvalue weighted by Crippen LogP contribution is -2.35. The van der Waals surface area contributed by atoms with E-state index in [9.17, 15) is 17.2 Å². The molecule has 1 aromatic rings. The predicted molar refractivity (Wildman–Crippen MR) is 65.3 cm³/mol. The number of piperidine rings is 1. The quantitative estimate of drug-likeness (QED) is 0.840. The Balaban J connectivity index is 1.92. The summed E-state index contributed by atoms with van der Waals surface area (Å²) in [5.74, 6) is -0.416. The molecule has 0 N–H and O–H groups in total. The Morgan fingerprint density at radius 3 is 2.40 bits per heavy atom. The molecule has 0 unspecified atom stereocenters. The van der Waals surface area contributed by atoms with Crippen LogP contribution < -0.4 is 9.47 Å². The SMILES string of the molecule is O=S(=O)(c1ccc2c(c1)OC(F)(F)O2)N1CCCCC1.